The zero-order valence-corrected chi connectivity index (χ0v) is 19.8. The second-order valence-electron chi connectivity index (χ2n) is 9.59. The molecule has 1 fully saturated rings. The van der Waals surface area contributed by atoms with Crippen LogP contribution >= 0.6 is 0 Å². The Labute approximate surface area is 203 Å². The van der Waals surface area contributed by atoms with Crippen molar-refractivity contribution in [1.82, 2.24) is 9.58 Å². The smallest absolute Gasteiger partial charge is 0.278 e. The number of pyridine rings is 1. The van der Waals surface area contributed by atoms with Crippen molar-refractivity contribution in [2.75, 3.05) is 18.3 Å². The highest BCUT2D eigenvalue weighted by atomic mass is 16.5. The van der Waals surface area contributed by atoms with Gasteiger partial charge < -0.3 is 14.7 Å². The summed E-state index contributed by atoms with van der Waals surface area (Å²) >= 11 is 0. The minimum atomic E-state index is -0.567. The van der Waals surface area contributed by atoms with E-state index in [2.05, 4.69) is 38.1 Å². The molecule has 1 aromatic heterocycles. The fourth-order valence-electron chi connectivity index (χ4n) is 5.30. The third-order valence-corrected chi connectivity index (χ3v) is 7.53. The molecule has 35 heavy (non-hydrogen) atoms. The normalized spacial score (nSPS) is 21.0. The quantitative estimate of drug-likeness (QED) is 0.549. The van der Waals surface area contributed by atoms with Crippen LogP contribution in [0.15, 0.2) is 71.7 Å². The van der Waals surface area contributed by atoms with Gasteiger partial charge in [0.2, 0.25) is 5.43 Å². The summed E-state index contributed by atoms with van der Waals surface area (Å²) in [5, 5.41) is 12.8. The van der Waals surface area contributed by atoms with Gasteiger partial charge >= 0.3 is 0 Å². The molecule has 3 heterocycles. The van der Waals surface area contributed by atoms with E-state index in [4.69, 9.17) is 4.74 Å². The first-order valence-corrected chi connectivity index (χ1v) is 11.9. The molecule has 2 aliphatic heterocycles. The number of amides is 1. The van der Waals surface area contributed by atoms with Gasteiger partial charge in [-0.25, -0.2) is 0 Å². The largest absolute Gasteiger partial charge is 0.502 e. The minimum absolute atomic E-state index is 0.00472. The molecule has 2 bridgehead atoms. The number of hydrogen-bond donors (Lipinski definition) is 1. The van der Waals surface area contributed by atoms with Crippen LogP contribution in [0.5, 0.6) is 11.5 Å². The van der Waals surface area contributed by atoms with Crippen LogP contribution in [0.4, 0.5) is 0 Å². The van der Waals surface area contributed by atoms with Gasteiger partial charge in [-0.2, -0.15) is 0 Å². The average molecular weight is 470 g/mol. The maximum Gasteiger partial charge on any atom is 0.278 e. The highest BCUT2D eigenvalue weighted by Crippen LogP contribution is 2.47. The van der Waals surface area contributed by atoms with Crippen molar-refractivity contribution in [2.45, 2.75) is 38.3 Å². The van der Waals surface area contributed by atoms with Crippen molar-refractivity contribution in [3.05, 3.63) is 105 Å². The third-order valence-electron chi connectivity index (χ3n) is 7.53. The van der Waals surface area contributed by atoms with Crippen LogP contribution in [0.25, 0.3) is 0 Å². The first-order chi connectivity index (χ1) is 16.9. The predicted molar refractivity (Wildman–Crippen MR) is 132 cm³/mol. The lowest BCUT2D eigenvalue weighted by atomic mass is 9.93. The molecule has 0 saturated heterocycles. The number of carbonyl (C=O) groups is 1. The van der Waals surface area contributed by atoms with E-state index in [0.717, 1.165) is 40.8 Å². The van der Waals surface area contributed by atoms with Crippen LogP contribution in [0.3, 0.4) is 0 Å². The number of hydrogen-bond acceptors (Lipinski definition) is 5. The summed E-state index contributed by atoms with van der Waals surface area (Å²) in [6.07, 6.45) is 7.25. The van der Waals surface area contributed by atoms with Crippen LogP contribution in [-0.4, -0.2) is 39.4 Å². The minimum Gasteiger partial charge on any atom is -0.502 e. The molecule has 6 rings (SSSR count). The van der Waals surface area contributed by atoms with Gasteiger partial charge in [0.15, 0.2) is 11.4 Å². The Morgan fingerprint density at radius 2 is 1.80 bits per heavy atom. The highest BCUT2D eigenvalue weighted by molar-refractivity contribution is 5.97. The summed E-state index contributed by atoms with van der Waals surface area (Å²) in [4.78, 5) is 27.9. The van der Waals surface area contributed by atoms with Crippen molar-refractivity contribution in [3.8, 4) is 11.5 Å². The Kier molecular flexibility index (Phi) is 4.78. The number of aromatic nitrogens is 1. The summed E-state index contributed by atoms with van der Waals surface area (Å²) in [5.41, 5.74) is 3.13. The van der Waals surface area contributed by atoms with E-state index in [0.29, 0.717) is 13.3 Å². The van der Waals surface area contributed by atoms with Crippen molar-refractivity contribution in [1.29, 1.82) is 0 Å². The zero-order chi connectivity index (χ0) is 24.3. The van der Waals surface area contributed by atoms with Gasteiger partial charge in [-0.15, -0.1) is 0 Å². The molecule has 1 atom stereocenters. The van der Waals surface area contributed by atoms with Crippen molar-refractivity contribution >= 4 is 5.91 Å². The van der Waals surface area contributed by atoms with Gasteiger partial charge in [-0.05, 0) is 49.5 Å². The van der Waals surface area contributed by atoms with Gasteiger partial charge in [0.25, 0.3) is 5.91 Å². The molecule has 0 radical (unpaired) electrons. The predicted octanol–water partition coefficient (Wildman–Crippen LogP) is 3.79. The molecule has 7 heteroatoms. The Hall–Kier alpha value is -4.00. The molecule has 178 valence electrons. The van der Waals surface area contributed by atoms with Crippen molar-refractivity contribution in [2.24, 2.45) is 0 Å². The topological polar surface area (TPSA) is 75.0 Å². The maximum absolute atomic E-state index is 13.7. The zero-order valence-electron chi connectivity index (χ0n) is 19.8. The van der Waals surface area contributed by atoms with Gasteiger partial charge in [-0.1, -0.05) is 48.5 Å². The summed E-state index contributed by atoms with van der Waals surface area (Å²) in [6, 6.07) is 15.2. The van der Waals surface area contributed by atoms with E-state index in [1.54, 1.807) is 15.8 Å². The third kappa shape index (κ3) is 3.26. The summed E-state index contributed by atoms with van der Waals surface area (Å²) in [5.74, 6) is -0.0540. The number of nitrogens with zero attached hydrogens (tertiary/aromatic N) is 3. The van der Waals surface area contributed by atoms with Crippen LogP contribution in [0.2, 0.25) is 0 Å². The van der Waals surface area contributed by atoms with Crippen LogP contribution in [-0.2, 0) is 0 Å². The molecule has 2 aromatic carbocycles. The molecule has 1 aliphatic carbocycles. The molecule has 1 N–H and O–H groups in total. The van der Waals surface area contributed by atoms with Crippen molar-refractivity contribution < 1.29 is 14.6 Å². The van der Waals surface area contributed by atoms with Crippen LogP contribution in [0.1, 0.15) is 51.6 Å². The maximum atomic E-state index is 13.7. The molecule has 7 nitrogen and oxygen atoms in total. The molecule has 1 unspecified atom stereocenters. The second kappa shape index (κ2) is 7.77. The first kappa shape index (κ1) is 21.5. The monoisotopic (exact) mass is 469 g/mol. The Bertz CT molecular complexity index is 1420. The molecule has 3 aromatic rings. The second-order valence-corrected chi connectivity index (χ2v) is 9.59. The van der Waals surface area contributed by atoms with E-state index < -0.39 is 16.7 Å². The fourth-order valence-corrected chi connectivity index (χ4v) is 5.30. The molecular weight excluding hydrogens is 442 g/mol. The number of fused-ring (bicyclic) bond motifs is 6. The standard InChI is InChI=1S/C28H27N3O4/c1-18-9-10-21-23(20-7-4-3-5-8-20)31-17-29(27(34)24-25(33)22(32)11-15-30(24)31)28(13-14-28)12-6-16-35-26(21)19(18)2/h3-12,15,23,33H,13-14,16-17H2,1-2H3/b12-6+. The number of aromatic hydroxyl groups is 1. The number of carbonyl (C=O) groups excluding carboxylic acids is 1. The number of rotatable bonds is 1. The molecule has 1 spiro atoms. The lowest BCUT2D eigenvalue weighted by Gasteiger charge is -2.46. The lowest BCUT2D eigenvalue weighted by molar-refractivity contribution is 0.0606. The van der Waals surface area contributed by atoms with Gasteiger partial charge in [0.05, 0.1) is 5.54 Å². The van der Waals surface area contributed by atoms with E-state index in [1.807, 2.05) is 35.4 Å². The van der Waals surface area contributed by atoms with E-state index in [1.165, 1.54) is 6.07 Å². The molecule has 1 amide bonds. The van der Waals surface area contributed by atoms with Gasteiger partial charge in [-0.3, -0.25) is 19.3 Å². The molecule has 1 saturated carbocycles. The van der Waals surface area contributed by atoms with Gasteiger partial charge in [0.1, 0.15) is 25.1 Å². The number of benzene rings is 2. The van der Waals surface area contributed by atoms with E-state index in [-0.39, 0.29) is 17.6 Å². The van der Waals surface area contributed by atoms with Crippen molar-refractivity contribution in [3.63, 3.8) is 0 Å². The lowest BCUT2D eigenvalue weighted by Crippen LogP contribution is -2.58. The van der Waals surface area contributed by atoms with E-state index >= 15 is 0 Å². The Morgan fingerprint density at radius 3 is 2.54 bits per heavy atom. The average Bonchev–Trinajstić information content (AvgIpc) is 3.65. The summed E-state index contributed by atoms with van der Waals surface area (Å²) in [6.45, 7) is 4.81. The first-order valence-electron chi connectivity index (χ1n) is 11.9. The molecular formula is C28H27N3O4. The number of ether oxygens (including phenoxy) is 1. The summed E-state index contributed by atoms with van der Waals surface area (Å²) in [7, 11) is 0. The highest BCUT2D eigenvalue weighted by Gasteiger charge is 2.52. The van der Waals surface area contributed by atoms with Gasteiger partial charge in [0, 0.05) is 17.8 Å². The summed E-state index contributed by atoms with van der Waals surface area (Å²) < 4.78 is 8.03. The fraction of sp³-hybridized carbons (Fsp3) is 0.286. The SMILES string of the molecule is Cc1ccc2c(c1C)OC/C=C/C1(CC1)N1CN(C2c2ccccc2)n2ccc(=O)c(O)c2C1=O. The Balaban J connectivity index is 1.67. The van der Waals surface area contributed by atoms with Crippen LogP contribution in [0, 0.1) is 13.8 Å². The molecule has 3 aliphatic rings. The Morgan fingerprint density at radius 1 is 1.03 bits per heavy atom. The van der Waals surface area contributed by atoms with Crippen LogP contribution < -0.4 is 15.2 Å². The number of aryl methyl sites for hydroxylation is 1. The van der Waals surface area contributed by atoms with E-state index in [9.17, 15) is 14.7 Å².